The number of halogens is 1. The maximum Gasteiger partial charge on any atom is 0.254 e. The molecule has 7 nitrogen and oxygen atoms in total. The second-order valence-electron chi connectivity index (χ2n) is 6.29. The molecule has 0 bridgehead atoms. The Morgan fingerprint density at radius 1 is 1.21 bits per heavy atom. The lowest BCUT2D eigenvalue weighted by atomic mass is 10.0. The van der Waals surface area contributed by atoms with Gasteiger partial charge in [0.15, 0.2) is 0 Å². The fourth-order valence-corrected chi connectivity index (χ4v) is 3.39. The normalized spacial score (nSPS) is 16.3. The largest absolute Gasteiger partial charge is 0.496 e. The van der Waals surface area contributed by atoms with Gasteiger partial charge in [0.1, 0.15) is 5.75 Å². The zero-order chi connectivity index (χ0) is 18.6. The van der Waals surface area contributed by atoms with E-state index in [-0.39, 0.29) is 24.4 Å². The minimum Gasteiger partial charge on any atom is -0.496 e. The predicted molar refractivity (Wildman–Crippen MR) is 107 cm³/mol. The summed E-state index contributed by atoms with van der Waals surface area (Å²) in [6.07, 6.45) is 1.28. The van der Waals surface area contributed by atoms with Crippen LogP contribution in [0.2, 0.25) is 0 Å². The van der Waals surface area contributed by atoms with E-state index in [1.54, 1.807) is 19.2 Å². The highest BCUT2D eigenvalue weighted by molar-refractivity contribution is 5.95. The Morgan fingerprint density at radius 2 is 2.00 bits per heavy atom. The topological polar surface area (TPSA) is 80.5 Å². The van der Waals surface area contributed by atoms with Gasteiger partial charge in [-0.25, -0.2) is 0 Å². The smallest absolute Gasteiger partial charge is 0.254 e. The molecular formula is C20H21ClN4O3. The lowest BCUT2D eigenvalue weighted by Gasteiger charge is -2.37. The number of carbonyl (C=O) groups excluding carboxylic acids is 1. The Kier molecular flexibility index (Phi) is 6.28. The Balaban J connectivity index is 0.00000225. The third-order valence-electron chi connectivity index (χ3n) is 4.75. The number of amides is 1. The van der Waals surface area contributed by atoms with Crippen molar-refractivity contribution in [2.45, 2.75) is 6.04 Å². The van der Waals surface area contributed by atoms with E-state index in [9.17, 15) is 4.79 Å². The summed E-state index contributed by atoms with van der Waals surface area (Å²) >= 11 is 0. The number of rotatable bonds is 4. The molecular weight excluding hydrogens is 380 g/mol. The average Bonchev–Trinajstić information content (AvgIpc) is 3.28. The molecule has 0 radical (unpaired) electrons. The predicted octanol–water partition coefficient (Wildman–Crippen LogP) is 2.95. The van der Waals surface area contributed by atoms with Gasteiger partial charge >= 0.3 is 0 Å². The summed E-state index contributed by atoms with van der Waals surface area (Å²) in [7, 11) is 1.65. The molecule has 4 rings (SSSR count). The molecule has 1 atom stereocenters. The van der Waals surface area contributed by atoms with Gasteiger partial charge in [-0.15, -0.1) is 12.4 Å². The van der Waals surface area contributed by atoms with E-state index in [1.807, 2.05) is 41.3 Å². The zero-order valence-electron chi connectivity index (χ0n) is 15.4. The maximum atomic E-state index is 13.2. The first-order valence-electron chi connectivity index (χ1n) is 8.79. The van der Waals surface area contributed by atoms with Crippen LogP contribution < -0.4 is 10.1 Å². The van der Waals surface area contributed by atoms with Crippen molar-refractivity contribution in [2.24, 2.45) is 0 Å². The number of benzene rings is 2. The van der Waals surface area contributed by atoms with Crippen LogP contribution in [-0.2, 0) is 0 Å². The fraction of sp³-hybridized carbons (Fsp3) is 0.250. The van der Waals surface area contributed by atoms with Crippen LogP contribution in [0.4, 0.5) is 0 Å². The molecule has 0 spiro atoms. The minimum atomic E-state index is -0.0840. The second-order valence-corrected chi connectivity index (χ2v) is 6.29. The second kappa shape index (κ2) is 8.86. The molecule has 1 fully saturated rings. The molecule has 146 valence electrons. The van der Waals surface area contributed by atoms with Gasteiger partial charge in [-0.3, -0.25) is 4.79 Å². The molecule has 8 heteroatoms. The third kappa shape index (κ3) is 3.85. The van der Waals surface area contributed by atoms with E-state index in [0.29, 0.717) is 24.5 Å². The van der Waals surface area contributed by atoms with E-state index < -0.39 is 0 Å². The van der Waals surface area contributed by atoms with Crippen LogP contribution in [0.1, 0.15) is 22.0 Å². The fourth-order valence-electron chi connectivity index (χ4n) is 3.39. The van der Waals surface area contributed by atoms with Crippen molar-refractivity contribution in [1.29, 1.82) is 0 Å². The standard InChI is InChI=1S/C20H20N4O3.ClH/c1-26-18-5-3-2-4-16(18)17-12-21-10-11-24(17)20(25)15-8-6-14(7-9-15)19-22-13-27-23-19;/h2-9,13,17,21H,10-12H2,1H3;1H. The molecule has 1 N–H and O–H groups in total. The van der Waals surface area contributed by atoms with Gasteiger partial charge < -0.3 is 19.5 Å². The molecule has 1 aliphatic rings. The highest BCUT2D eigenvalue weighted by atomic mass is 35.5. The van der Waals surface area contributed by atoms with Crippen LogP contribution in [-0.4, -0.2) is 47.7 Å². The van der Waals surface area contributed by atoms with Crippen molar-refractivity contribution in [2.75, 3.05) is 26.7 Å². The van der Waals surface area contributed by atoms with Crippen molar-refractivity contribution in [3.63, 3.8) is 0 Å². The van der Waals surface area contributed by atoms with E-state index in [0.717, 1.165) is 23.4 Å². The van der Waals surface area contributed by atoms with Gasteiger partial charge in [-0.2, -0.15) is 4.98 Å². The minimum absolute atomic E-state index is 0. The van der Waals surface area contributed by atoms with Crippen molar-refractivity contribution in [1.82, 2.24) is 20.4 Å². The monoisotopic (exact) mass is 400 g/mol. The van der Waals surface area contributed by atoms with Crippen LogP contribution in [0.25, 0.3) is 11.4 Å². The van der Waals surface area contributed by atoms with Gasteiger partial charge in [-0.1, -0.05) is 35.5 Å². The highest BCUT2D eigenvalue weighted by Crippen LogP contribution is 2.31. The van der Waals surface area contributed by atoms with Crippen molar-refractivity contribution in [3.05, 3.63) is 66.1 Å². The molecule has 0 aliphatic carbocycles. The van der Waals surface area contributed by atoms with Crippen LogP contribution in [0.5, 0.6) is 5.75 Å². The summed E-state index contributed by atoms with van der Waals surface area (Å²) in [4.78, 5) is 19.1. The van der Waals surface area contributed by atoms with Crippen molar-refractivity contribution in [3.8, 4) is 17.1 Å². The number of carbonyl (C=O) groups is 1. The van der Waals surface area contributed by atoms with Crippen LogP contribution in [0.3, 0.4) is 0 Å². The molecule has 3 aromatic rings. The summed E-state index contributed by atoms with van der Waals surface area (Å²) in [5.74, 6) is 1.28. The molecule has 2 aromatic carbocycles. The maximum absolute atomic E-state index is 13.2. The Bertz CT molecular complexity index is 915. The molecule has 1 aromatic heterocycles. The van der Waals surface area contributed by atoms with Gasteiger partial charge in [0.05, 0.1) is 13.2 Å². The number of piperazine rings is 1. The Morgan fingerprint density at radius 3 is 2.71 bits per heavy atom. The summed E-state index contributed by atoms with van der Waals surface area (Å²) in [5.41, 5.74) is 2.44. The van der Waals surface area contributed by atoms with Crippen molar-refractivity contribution >= 4 is 18.3 Å². The van der Waals surface area contributed by atoms with Gasteiger partial charge in [0.2, 0.25) is 12.2 Å². The number of nitrogens with one attached hydrogen (secondary N) is 1. The molecule has 1 amide bonds. The first-order chi connectivity index (χ1) is 13.3. The third-order valence-corrected chi connectivity index (χ3v) is 4.75. The van der Waals surface area contributed by atoms with Crippen LogP contribution >= 0.6 is 12.4 Å². The summed E-state index contributed by atoms with van der Waals surface area (Å²) in [5, 5.41) is 7.19. The van der Waals surface area contributed by atoms with Crippen LogP contribution in [0, 0.1) is 0 Å². The van der Waals surface area contributed by atoms with Gasteiger partial charge in [-0.05, 0) is 18.2 Å². The molecule has 0 saturated carbocycles. The molecule has 1 saturated heterocycles. The number of methoxy groups -OCH3 is 1. The molecule has 28 heavy (non-hydrogen) atoms. The number of aromatic nitrogens is 2. The summed E-state index contributed by atoms with van der Waals surface area (Å²) < 4.78 is 10.3. The number of hydrogen-bond donors (Lipinski definition) is 1. The first kappa shape index (κ1) is 19.9. The van der Waals surface area contributed by atoms with E-state index >= 15 is 0 Å². The lowest BCUT2D eigenvalue weighted by Crippen LogP contribution is -2.48. The highest BCUT2D eigenvalue weighted by Gasteiger charge is 2.30. The number of ether oxygens (including phenoxy) is 1. The van der Waals surface area contributed by atoms with E-state index in [2.05, 4.69) is 15.5 Å². The summed E-state index contributed by atoms with van der Waals surface area (Å²) in [6.45, 7) is 2.08. The van der Waals surface area contributed by atoms with E-state index in [4.69, 9.17) is 9.26 Å². The molecule has 2 heterocycles. The Hall–Kier alpha value is -2.90. The van der Waals surface area contributed by atoms with Crippen LogP contribution in [0.15, 0.2) is 59.4 Å². The average molecular weight is 401 g/mol. The van der Waals surface area contributed by atoms with Gasteiger partial charge in [0.25, 0.3) is 5.91 Å². The first-order valence-corrected chi connectivity index (χ1v) is 8.79. The summed E-state index contributed by atoms with van der Waals surface area (Å²) in [6, 6.07) is 15.0. The Labute approximate surface area is 169 Å². The van der Waals surface area contributed by atoms with Gasteiger partial charge in [0, 0.05) is 36.3 Å². The number of nitrogens with zero attached hydrogens (tertiary/aromatic N) is 3. The number of para-hydroxylation sites is 1. The quantitative estimate of drug-likeness (QED) is 0.725. The lowest BCUT2D eigenvalue weighted by molar-refractivity contribution is 0.0631. The SMILES string of the molecule is COc1ccccc1C1CNCCN1C(=O)c1ccc(-c2ncon2)cc1.Cl. The number of hydrogen-bond acceptors (Lipinski definition) is 6. The zero-order valence-corrected chi connectivity index (χ0v) is 16.2. The molecule has 1 aliphatic heterocycles. The van der Waals surface area contributed by atoms with Crippen molar-refractivity contribution < 1.29 is 14.1 Å². The molecule has 1 unspecified atom stereocenters. The van der Waals surface area contributed by atoms with E-state index in [1.165, 1.54) is 6.39 Å².